The molecule has 0 fully saturated rings. The molecule has 27 heavy (non-hydrogen) atoms. The first-order valence-electron chi connectivity index (χ1n) is 9.14. The van der Waals surface area contributed by atoms with Gasteiger partial charge in [0.15, 0.2) is 5.13 Å². The van der Waals surface area contributed by atoms with E-state index in [0.29, 0.717) is 17.3 Å². The number of aryl methyl sites for hydroxylation is 2. The van der Waals surface area contributed by atoms with E-state index in [1.165, 1.54) is 22.5 Å². The fraction of sp³-hybridized carbons (Fsp3) is 0.273. The number of ether oxygens (including phenoxy) is 1. The topological polar surface area (TPSA) is 51.2 Å². The molecule has 0 aliphatic heterocycles. The average Bonchev–Trinajstić information content (AvgIpc) is 3.12. The Morgan fingerprint density at radius 3 is 2.67 bits per heavy atom. The van der Waals surface area contributed by atoms with Gasteiger partial charge in [0.05, 0.1) is 12.3 Å². The Kier molecular flexibility index (Phi) is 6.24. The Labute approximate surface area is 164 Å². The van der Waals surface area contributed by atoms with Crippen molar-refractivity contribution in [3.63, 3.8) is 0 Å². The second kappa shape index (κ2) is 8.82. The number of unbranched alkanes of at least 4 members (excludes halogenated alkanes) is 1. The van der Waals surface area contributed by atoms with E-state index < -0.39 is 0 Å². The maximum absolute atomic E-state index is 12.5. The maximum atomic E-state index is 12.5. The monoisotopic (exact) mass is 380 g/mol. The van der Waals surface area contributed by atoms with E-state index in [1.807, 2.05) is 17.5 Å². The van der Waals surface area contributed by atoms with Crippen molar-refractivity contribution in [2.75, 3.05) is 11.9 Å². The molecule has 0 bridgehead atoms. The van der Waals surface area contributed by atoms with Gasteiger partial charge in [-0.05, 0) is 56.2 Å². The van der Waals surface area contributed by atoms with Crippen LogP contribution in [0.5, 0.6) is 5.75 Å². The van der Waals surface area contributed by atoms with Crippen LogP contribution in [-0.4, -0.2) is 17.5 Å². The molecule has 3 aromatic rings. The highest BCUT2D eigenvalue weighted by atomic mass is 32.1. The number of hydrogen-bond donors (Lipinski definition) is 1. The van der Waals surface area contributed by atoms with Gasteiger partial charge in [-0.25, -0.2) is 4.98 Å². The molecule has 0 radical (unpaired) electrons. The van der Waals surface area contributed by atoms with Crippen LogP contribution in [0.1, 0.15) is 41.3 Å². The predicted molar refractivity (Wildman–Crippen MR) is 112 cm³/mol. The second-order valence-electron chi connectivity index (χ2n) is 6.54. The third kappa shape index (κ3) is 4.95. The molecule has 1 amide bonds. The van der Waals surface area contributed by atoms with Crippen LogP contribution in [0, 0.1) is 13.8 Å². The molecule has 2 aromatic carbocycles. The van der Waals surface area contributed by atoms with Crippen molar-refractivity contribution >= 4 is 22.4 Å². The first-order valence-corrected chi connectivity index (χ1v) is 10.0. The first kappa shape index (κ1) is 19.1. The minimum absolute atomic E-state index is 0.169. The average molecular weight is 381 g/mol. The zero-order valence-electron chi connectivity index (χ0n) is 15.9. The molecule has 1 N–H and O–H groups in total. The Bertz CT molecular complexity index is 916. The number of rotatable bonds is 7. The number of benzene rings is 2. The summed E-state index contributed by atoms with van der Waals surface area (Å²) in [6, 6.07) is 13.5. The lowest BCUT2D eigenvalue weighted by Crippen LogP contribution is -2.11. The molecule has 4 nitrogen and oxygen atoms in total. The fourth-order valence-electron chi connectivity index (χ4n) is 2.67. The predicted octanol–water partition coefficient (Wildman–Crippen LogP) is 5.86. The number of nitrogens with one attached hydrogen (secondary N) is 1. The van der Waals surface area contributed by atoms with Gasteiger partial charge in [0.1, 0.15) is 5.75 Å². The van der Waals surface area contributed by atoms with Gasteiger partial charge in [0.2, 0.25) is 0 Å². The quantitative estimate of drug-likeness (QED) is 0.522. The molecule has 140 valence electrons. The molecular formula is C22H24N2O2S. The Balaban J connectivity index is 1.66. The van der Waals surface area contributed by atoms with Crippen LogP contribution in [0.15, 0.2) is 47.8 Å². The Hall–Kier alpha value is -2.66. The number of carbonyl (C=O) groups excluding carboxylic acids is 1. The molecule has 1 aromatic heterocycles. The molecule has 5 heteroatoms. The fourth-order valence-corrected chi connectivity index (χ4v) is 3.38. The maximum Gasteiger partial charge on any atom is 0.257 e. The lowest BCUT2D eigenvalue weighted by atomic mass is 10.0. The summed E-state index contributed by atoms with van der Waals surface area (Å²) in [4.78, 5) is 17.0. The van der Waals surface area contributed by atoms with Gasteiger partial charge < -0.3 is 4.74 Å². The molecule has 0 aliphatic rings. The van der Waals surface area contributed by atoms with Gasteiger partial charge in [-0.15, -0.1) is 11.3 Å². The van der Waals surface area contributed by atoms with Crippen molar-refractivity contribution in [2.45, 2.75) is 33.6 Å². The highest BCUT2D eigenvalue weighted by Crippen LogP contribution is 2.28. The highest BCUT2D eigenvalue weighted by Gasteiger charge is 2.11. The lowest BCUT2D eigenvalue weighted by Gasteiger charge is -2.06. The number of nitrogens with zero attached hydrogens (tertiary/aromatic N) is 1. The van der Waals surface area contributed by atoms with Crippen molar-refractivity contribution < 1.29 is 9.53 Å². The molecule has 0 aliphatic carbocycles. The molecule has 1 heterocycles. The van der Waals surface area contributed by atoms with Crippen LogP contribution in [-0.2, 0) is 0 Å². The summed E-state index contributed by atoms with van der Waals surface area (Å²) < 4.78 is 5.63. The Morgan fingerprint density at radius 1 is 1.15 bits per heavy atom. The van der Waals surface area contributed by atoms with Crippen molar-refractivity contribution in [1.29, 1.82) is 0 Å². The first-order chi connectivity index (χ1) is 13.1. The van der Waals surface area contributed by atoms with Gasteiger partial charge in [-0.2, -0.15) is 0 Å². The normalized spacial score (nSPS) is 10.6. The molecular weight excluding hydrogens is 356 g/mol. The number of aromatic nitrogens is 1. The standard InChI is InChI=1S/C22H24N2O2S/c1-4-5-12-26-18-10-8-17(9-11-18)21(25)24-22-23-20(14-27-22)19-13-15(2)6-7-16(19)3/h6-11,13-14H,4-5,12H2,1-3H3,(H,23,24,25). The summed E-state index contributed by atoms with van der Waals surface area (Å²) in [7, 11) is 0. The van der Waals surface area contributed by atoms with Crippen LogP contribution >= 0.6 is 11.3 Å². The Morgan fingerprint density at radius 2 is 1.93 bits per heavy atom. The highest BCUT2D eigenvalue weighted by molar-refractivity contribution is 7.14. The summed E-state index contributed by atoms with van der Waals surface area (Å²) in [5.74, 6) is 0.614. The van der Waals surface area contributed by atoms with E-state index in [9.17, 15) is 4.79 Å². The summed E-state index contributed by atoms with van der Waals surface area (Å²) in [6.07, 6.45) is 2.12. The summed E-state index contributed by atoms with van der Waals surface area (Å²) in [5.41, 5.74) is 4.93. The van der Waals surface area contributed by atoms with Crippen molar-refractivity contribution in [3.8, 4) is 17.0 Å². The number of anilines is 1. The number of carbonyl (C=O) groups is 1. The SMILES string of the molecule is CCCCOc1ccc(C(=O)Nc2nc(-c3cc(C)ccc3C)cs2)cc1. The van der Waals surface area contributed by atoms with Crippen molar-refractivity contribution in [2.24, 2.45) is 0 Å². The molecule has 0 spiro atoms. The molecule has 0 saturated heterocycles. The van der Waals surface area contributed by atoms with E-state index in [4.69, 9.17) is 4.74 Å². The van der Waals surface area contributed by atoms with Crippen LogP contribution in [0.25, 0.3) is 11.3 Å². The third-order valence-corrected chi connectivity index (χ3v) is 5.03. The number of hydrogen-bond acceptors (Lipinski definition) is 4. The van der Waals surface area contributed by atoms with Gasteiger partial charge in [0, 0.05) is 16.5 Å². The molecule has 3 rings (SSSR count). The van der Waals surface area contributed by atoms with Gasteiger partial charge in [0.25, 0.3) is 5.91 Å². The molecule has 0 unspecified atom stereocenters. The minimum atomic E-state index is -0.169. The van der Waals surface area contributed by atoms with Gasteiger partial charge in [-0.1, -0.05) is 31.0 Å². The summed E-state index contributed by atoms with van der Waals surface area (Å²) in [6.45, 7) is 6.95. The van der Waals surface area contributed by atoms with Crippen LogP contribution in [0.2, 0.25) is 0 Å². The van der Waals surface area contributed by atoms with E-state index in [-0.39, 0.29) is 5.91 Å². The smallest absolute Gasteiger partial charge is 0.257 e. The van der Waals surface area contributed by atoms with E-state index in [1.54, 1.807) is 12.1 Å². The molecule has 0 saturated carbocycles. The second-order valence-corrected chi connectivity index (χ2v) is 7.39. The largest absolute Gasteiger partial charge is 0.494 e. The van der Waals surface area contributed by atoms with Crippen molar-refractivity contribution in [1.82, 2.24) is 4.98 Å². The summed E-state index contributed by atoms with van der Waals surface area (Å²) in [5, 5.41) is 5.45. The van der Waals surface area contributed by atoms with E-state index >= 15 is 0 Å². The molecule has 0 atom stereocenters. The van der Waals surface area contributed by atoms with Gasteiger partial charge >= 0.3 is 0 Å². The van der Waals surface area contributed by atoms with Crippen LogP contribution in [0.3, 0.4) is 0 Å². The van der Waals surface area contributed by atoms with E-state index in [2.05, 4.69) is 49.3 Å². The third-order valence-electron chi connectivity index (χ3n) is 4.28. The lowest BCUT2D eigenvalue weighted by molar-refractivity contribution is 0.102. The number of amides is 1. The van der Waals surface area contributed by atoms with Gasteiger partial charge in [-0.3, -0.25) is 10.1 Å². The van der Waals surface area contributed by atoms with Crippen molar-refractivity contribution in [3.05, 3.63) is 64.5 Å². The minimum Gasteiger partial charge on any atom is -0.494 e. The van der Waals surface area contributed by atoms with Crippen LogP contribution < -0.4 is 10.1 Å². The summed E-state index contributed by atoms with van der Waals surface area (Å²) >= 11 is 1.43. The van der Waals surface area contributed by atoms with E-state index in [0.717, 1.165) is 29.8 Å². The van der Waals surface area contributed by atoms with Crippen LogP contribution in [0.4, 0.5) is 5.13 Å². The number of thiazole rings is 1. The zero-order chi connectivity index (χ0) is 19.2. The zero-order valence-corrected chi connectivity index (χ0v) is 16.7.